The van der Waals surface area contributed by atoms with E-state index in [4.69, 9.17) is 29.1 Å². The van der Waals surface area contributed by atoms with E-state index in [9.17, 15) is 4.79 Å². The highest BCUT2D eigenvalue weighted by molar-refractivity contribution is 6.91. The topological polar surface area (TPSA) is 81.7 Å². The summed E-state index contributed by atoms with van der Waals surface area (Å²) in [6, 6.07) is 1.40. The molecule has 0 atom stereocenters. The summed E-state index contributed by atoms with van der Waals surface area (Å²) in [5, 5.41) is 0. The van der Waals surface area contributed by atoms with Crippen LogP contribution in [0.25, 0.3) is 0 Å². The zero-order valence-corrected chi connectivity index (χ0v) is 36.0. The summed E-state index contributed by atoms with van der Waals surface area (Å²) in [6.45, 7) is 41.1. The van der Waals surface area contributed by atoms with E-state index >= 15 is 0 Å². The summed E-state index contributed by atoms with van der Waals surface area (Å²) in [7, 11) is -17.8. The molecular formula is C25H62O8Si7. The van der Waals surface area contributed by atoms with Crippen molar-refractivity contribution in [1.82, 2.24) is 0 Å². The molecule has 8 nitrogen and oxygen atoms in total. The van der Waals surface area contributed by atoms with Crippen LogP contribution in [-0.2, 0) is 33.9 Å². The van der Waals surface area contributed by atoms with Crippen LogP contribution in [0.5, 0.6) is 0 Å². The minimum Gasteiger partial charge on any atom is -0.491 e. The molecule has 0 N–H and O–H groups in total. The number of hydrogen-bond donors (Lipinski definition) is 0. The summed E-state index contributed by atoms with van der Waals surface area (Å²) in [6.07, 6.45) is 0. The van der Waals surface area contributed by atoms with E-state index in [1.165, 1.54) is 0 Å². The summed E-state index contributed by atoms with van der Waals surface area (Å²) in [5.74, 6) is 0.225. The van der Waals surface area contributed by atoms with Crippen molar-refractivity contribution in [2.45, 2.75) is 132 Å². The lowest BCUT2D eigenvalue weighted by Gasteiger charge is -2.44. The molecule has 0 aromatic heterocycles. The first-order chi connectivity index (χ1) is 17.4. The predicted molar refractivity (Wildman–Crippen MR) is 183 cm³/mol. The lowest BCUT2D eigenvalue weighted by molar-refractivity contribution is -0.132. The first-order valence-corrected chi connectivity index (χ1v) is 34.2. The molecule has 40 heavy (non-hydrogen) atoms. The molecule has 0 bridgehead atoms. The molecule has 0 saturated heterocycles. The van der Waals surface area contributed by atoms with E-state index in [0.29, 0.717) is 29.5 Å². The van der Waals surface area contributed by atoms with E-state index in [-0.39, 0.29) is 5.97 Å². The standard InChI is InChI=1S/C25H62O8Si7/c1-22(2)20-40(21-23(3)4,27-25(26)24(5)6)33-39(18,19)32-38(16,17)31-37(14,15)30-36(12,13)29-35(10,11)28-34(7,8)9/h22-23H,5,20-21H2,1-4,6-19H3. The monoisotopic (exact) mass is 686 g/mol. The van der Waals surface area contributed by atoms with Gasteiger partial charge in [0.25, 0.3) is 0 Å². The van der Waals surface area contributed by atoms with Gasteiger partial charge < -0.3 is 29.1 Å². The van der Waals surface area contributed by atoms with Gasteiger partial charge in [0.15, 0.2) is 8.32 Å². The number of carbonyl (C=O) groups excluding carboxylic acids is 1. The molecule has 238 valence electrons. The van der Waals surface area contributed by atoms with Crippen LogP contribution < -0.4 is 0 Å². The maximum atomic E-state index is 12.8. The molecule has 0 aromatic rings. The van der Waals surface area contributed by atoms with Crippen molar-refractivity contribution in [3.05, 3.63) is 12.2 Å². The predicted octanol–water partition coefficient (Wildman–Crippen LogP) is 8.30. The van der Waals surface area contributed by atoms with Crippen LogP contribution in [0.1, 0.15) is 34.6 Å². The Morgan fingerprint density at radius 2 is 0.825 bits per heavy atom. The molecule has 15 heteroatoms. The van der Waals surface area contributed by atoms with Gasteiger partial charge in [-0.25, -0.2) is 4.79 Å². The Bertz CT molecular complexity index is 843. The van der Waals surface area contributed by atoms with E-state index in [1.807, 2.05) is 26.2 Å². The Balaban J connectivity index is 5.86. The van der Waals surface area contributed by atoms with Crippen LogP contribution in [-0.4, -0.2) is 65.7 Å². The smallest absolute Gasteiger partial charge is 0.393 e. The number of rotatable bonds is 18. The van der Waals surface area contributed by atoms with E-state index < -0.39 is 59.7 Å². The van der Waals surface area contributed by atoms with Gasteiger partial charge in [0.05, 0.1) is 0 Å². The first-order valence-electron chi connectivity index (χ1n) is 14.5. The van der Waals surface area contributed by atoms with Crippen LogP contribution in [0, 0.1) is 11.8 Å². The highest BCUT2D eigenvalue weighted by atomic mass is 28.5. The lowest BCUT2D eigenvalue weighted by Crippen LogP contribution is -2.61. The average Bonchev–Trinajstić information content (AvgIpc) is 2.51. The molecule has 0 unspecified atom stereocenters. The molecular weight excluding hydrogens is 625 g/mol. The molecule has 0 fully saturated rings. The SMILES string of the molecule is C=C(C)C(=O)O[Si](CC(C)C)(CC(C)C)O[Si](C)(C)O[Si](C)(C)O[Si](C)(C)O[Si](C)(C)O[Si](C)(C)O[Si](C)(C)C. The Kier molecular flexibility index (Phi) is 14.7. The fourth-order valence-corrected chi connectivity index (χ4v) is 40.7. The van der Waals surface area contributed by atoms with Crippen LogP contribution in [0.4, 0.5) is 0 Å². The highest BCUT2D eigenvalue weighted by Crippen LogP contribution is 2.34. The third-order valence-corrected chi connectivity index (χ3v) is 32.1. The largest absolute Gasteiger partial charge is 0.491 e. The summed E-state index contributed by atoms with van der Waals surface area (Å²) < 4.78 is 46.3. The van der Waals surface area contributed by atoms with E-state index in [0.717, 1.165) is 0 Å². The van der Waals surface area contributed by atoms with Crippen molar-refractivity contribution in [2.75, 3.05) is 0 Å². The molecule has 0 radical (unpaired) electrons. The summed E-state index contributed by atoms with van der Waals surface area (Å²) >= 11 is 0. The molecule has 0 amide bonds. The zero-order chi connectivity index (χ0) is 32.2. The quantitative estimate of drug-likeness (QED) is 0.105. The number of hydrogen-bond acceptors (Lipinski definition) is 8. The Hall–Kier alpha value is 0.488. The van der Waals surface area contributed by atoms with E-state index in [2.05, 4.69) is 93.2 Å². The average molecular weight is 687 g/mol. The fraction of sp³-hybridized carbons (Fsp3) is 0.880. The fourth-order valence-electron chi connectivity index (χ4n) is 5.43. The number of carbonyl (C=O) groups is 1. The normalized spacial score (nSPS) is 14.7. The molecule has 0 rings (SSSR count). The Morgan fingerprint density at radius 1 is 0.550 bits per heavy atom. The van der Waals surface area contributed by atoms with Gasteiger partial charge >= 0.3 is 57.3 Å². The molecule has 0 aromatic carbocycles. The third kappa shape index (κ3) is 17.6. The van der Waals surface area contributed by atoms with Crippen molar-refractivity contribution in [3.8, 4) is 0 Å². The van der Waals surface area contributed by atoms with Crippen molar-refractivity contribution in [3.63, 3.8) is 0 Å². The molecule has 0 aliphatic rings. The van der Waals surface area contributed by atoms with Crippen LogP contribution in [0.15, 0.2) is 12.2 Å². The summed E-state index contributed by atoms with van der Waals surface area (Å²) in [4.78, 5) is 12.8. The second kappa shape index (κ2) is 14.5. The zero-order valence-electron chi connectivity index (χ0n) is 29.0. The van der Waals surface area contributed by atoms with Crippen LogP contribution >= 0.6 is 0 Å². The maximum Gasteiger partial charge on any atom is 0.393 e. The van der Waals surface area contributed by atoms with Gasteiger partial charge in [-0.1, -0.05) is 34.3 Å². The summed E-state index contributed by atoms with van der Waals surface area (Å²) in [5.41, 5.74) is 0.381. The Labute approximate surface area is 254 Å². The minimum absolute atomic E-state index is 0.305. The van der Waals surface area contributed by atoms with Gasteiger partial charge in [0.2, 0.25) is 0 Å². The van der Waals surface area contributed by atoms with Crippen molar-refractivity contribution in [2.24, 2.45) is 11.8 Å². The van der Waals surface area contributed by atoms with Crippen molar-refractivity contribution >= 4 is 65.7 Å². The molecule has 0 spiro atoms. The van der Waals surface area contributed by atoms with Gasteiger partial charge in [-0.3, -0.25) is 0 Å². The van der Waals surface area contributed by atoms with Gasteiger partial charge in [0, 0.05) is 17.7 Å². The van der Waals surface area contributed by atoms with Crippen molar-refractivity contribution in [1.29, 1.82) is 0 Å². The third-order valence-electron chi connectivity index (χ3n) is 5.02. The van der Waals surface area contributed by atoms with Crippen LogP contribution in [0.2, 0.25) is 97.2 Å². The molecule has 0 aliphatic heterocycles. The maximum absolute atomic E-state index is 12.8. The second-order valence-electron chi connectivity index (χ2n) is 15.0. The minimum atomic E-state index is -2.97. The lowest BCUT2D eigenvalue weighted by atomic mass is 10.3. The van der Waals surface area contributed by atoms with Gasteiger partial charge in [-0.2, -0.15) is 0 Å². The van der Waals surface area contributed by atoms with Crippen molar-refractivity contribution < 1.29 is 33.9 Å². The van der Waals surface area contributed by atoms with Gasteiger partial charge in [-0.15, -0.1) is 0 Å². The highest BCUT2D eigenvalue weighted by Gasteiger charge is 2.52. The molecule has 0 aliphatic carbocycles. The van der Waals surface area contributed by atoms with Gasteiger partial charge in [-0.05, 0) is 104 Å². The second-order valence-corrected chi connectivity index (χ2v) is 41.0. The Morgan fingerprint density at radius 3 is 1.07 bits per heavy atom. The first kappa shape index (κ1) is 40.5. The van der Waals surface area contributed by atoms with E-state index in [1.54, 1.807) is 6.92 Å². The van der Waals surface area contributed by atoms with Gasteiger partial charge in [0.1, 0.15) is 0 Å². The van der Waals surface area contributed by atoms with Crippen LogP contribution in [0.3, 0.4) is 0 Å². The molecule has 0 saturated carbocycles. The molecule has 0 heterocycles.